The van der Waals surface area contributed by atoms with Crippen molar-refractivity contribution in [3.63, 3.8) is 0 Å². The molecule has 0 atom stereocenters. The lowest BCUT2D eigenvalue weighted by molar-refractivity contribution is 0.0540. The maximum absolute atomic E-state index is 9.03. The Balaban J connectivity index is 1.73. The van der Waals surface area contributed by atoms with Crippen LogP contribution in [0, 0.1) is 23.7 Å². The quantitative estimate of drug-likeness (QED) is 0.425. The van der Waals surface area contributed by atoms with E-state index in [0.717, 1.165) is 65.5 Å². The summed E-state index contributed by atoms with van der Waals surface area (Å²) < 4.78 is 6.09. The molecule has 1 fully saturated rings. The summed E-state index contributed by atoms with van der Waals surface area (Å²) in [5, 5.41) is 13.4. The van der Waals surface area contributed by atoms with E-state index in [-0.39, 0.29) is 5.54 Å². The standard InChI is InChI=1S/C27H30N6O/c1-5-20-8-7-9-21(16-20)31-26-22-17-23(25(34-6-2)18-24(22)29-19-30-26)27(3,4)33-14-12-32(11-10-28)13-15-33/h1,7-9,16-19H,6,11-15H2,2-4H3,(H,29,30,31). The summed E-state index contributed by atoms with van der Waals surface area (Å²) in [6, 6.07) is 14.1. The average Bonchev–Trinajstić information content (AvgIpc) is 2.84. The van der Waals surface area contributed by atoms with Crippen LogP contribution in [-0.4, -0.2) is 59.1 Å². The van der Waals surface area contributed by atoms with Crippen LogP contribution in [0.15, 0.2) is 42.7 Å². The van der Waals surface area contributed by atoms with Gasteiger partial charge in [-0.25, -0.2) is 9.97 Å². The zero-order valence-corrected chi connectivity index (χ0v) is 20.0. The van der Waals surface area contributed by atoms with Crippen LogP contribution in [0.2, 0.25) is 0 Å². The summed E-state index contributed by atoms with van der Waals surface area (Å²) in [5.41, 5.74) is 3.30. The number of ether oxygens (including phenoxy) is 1. The van der Waals surface area contributed by atoms with Crippen molar-refractivity contribution < 1.29 is 4.74 Å². The number of rotatable bonds is 7. The molecular weight excluding hydrogens is 424 g/mol. The fraction of sp³-hybridized carbons (Fsp3) is 0.370. The first-order valence-corrected chi connectivity index (χ1v) is 11.6. The first-order valence-electron chi connectivity index (χ1n) is 11.6. The molecule has 0 bridgehead atoms. The molecule has 7 nitrogen and oxygen atoms in total. The molecule has 1 aliphatic heterocycles. The Morgan fingerprint density at radius 3 is 2.65 bits per heavy atom. The summed E-state index contributed by atoms with van der Waals surface area (Å²) in [6.45, 7) is 11.0. The zero-order valence-electron chi connectivity index (χ0n) is 20.0. The minimum absolute atomic E-state index is 0.284. The lowest BCUT2D eigenvalue weighted by atomic mass is 9.89. The fourth-order valence-corrected chi connectivity index (χ4v) is 4.50. The first-order chi connectivity index (χ1) is 16.5. The van der Waals surface area contributed by atoms with E-state index in [1.807, 2.05) is 37.3 Å². The number of hydrogen-bond acceptors (Lipinski definition) is 7. The van der Waals surface area contributed by atoms with Crippen LogP contribution < -0.4 is 10.1 Å². The van der Waals surface area contributed by atoms with Crippen LogP contribution in [0.3, 0.4) is 0 Å². The first kappa shape index (κ1) is 23.5. The molecule has 7 heteroatoms. The molecule has 1 aliphatic rings. The SMILES string of the molecule is C#Cc1cccc(Nc2ncnc3cc(OCC)c(C(C)(C)N4CCN(CC#N)CC4)cc23)c1. The Bertz CT molecular complexity index is 1250. The van der Waals surface area contributed by atoms with Gasteiger partial charge in [-0.3, -0.25) is 9.80 Å². The number of fused-ring (bicyclic) bond motifs is 1. The smallest absolute Gasteiger partial charge is 0.141 e. The summed E-state index contributed by atoms with van der Waals surface area (Å²) >= 11 is 0. The highest BCUT2D eigenvalue weighted by atomic mass is 16.5. The third kappa shape index (κ3) is 4.82. The molecule has 1 saturated heterocycles. The summed E-state index contributed by atoms with van der Waals surface area (Å²) in [5.74, 6) is 4.22. The Morgan fingerprint density at radius 1 is 1.15 bits per heavy atom. The monoisotopic (exact) mass is 454 g/mol. The number of benzene rings is 2. The van der Waals surface area contributed by atoms with Gasteiger partial charge in [0.05, 0.1) is 24.7 Å². The van der Waals surface area contributed by atoms with E-state index in [0.29, 0.717) is 13.2 Å². The molecule has 0 amide bonds. The number of hydrogen-bond donors (Lipinski definition) is 1. The normalized spacial score (nSPS) is 15.0. The highest BCUT2D eigenvalue weighted by Crippen LogP contribution is 2.39. The molecule has 3 aromatic rings. The van der Waals surface area contributed by atoms with Gasteiger partial charge in [-0.1, -0.05) is 12.0 Å². The highest BCUT2D eigenvalue weighted by molar-refractivity contribution is 5.92. The van der Waals surface area contributed by atoms with E-state index in [1.54, 1.807) is 6.33 Å². The average molecular weight is 455 g/mol. The predicted molar refractivity (Wildman–Crippen MR) is 135 cm³/mol. The molecule has 1 N–H and O–H groups in total. The third-order valence-corrected chi connectivity index (χ3v) is 6.44. The molecule has 1 aromatic heterocycles. The summed E-state index contributed by atoms with van der Waals surface area (Å²) in [7, 11) is 0. The van der Waals surface area contributed by atoms with Crippen molar-refractivity contribution in [2.45, 2.75) is 26.3 Å². The zero-order chi connectivity index (χ0) is 24.1. The van der Waals surface area contributed by atoms with Gasteiger partial charge in [-0.15, -0.1) is 6.42 Å². The molecule has 4 rings (SSSR count). The molecule has 0 unspecified atom stereocenters. The van der Waals surface area contributed by atoms with Crippen molar-refractivity contribution >= 4 is 22.4 Å². The molecule has 0 aliphatic carbocycles. The molecule has 0 saturated carbocycles. The van der Waals surface area contributed by atoms with Crippen molar-refractivity contribution in [3.8, 4) is 24.2 Å². The van der Waals surface area contributed by atoms with Crippen molar-refractivity contribution in [3.05, 3.63) is 53.9 Å². The van der Waals surface area contributed by atoms with Crippen molar-refractivity contribution in [1.29, 1.82) is 5.26 Å². The van der Waals surface area contributed by atoms with Crippen molar-refractivity contribution in [2.75, 3.05) is 44.6 Å². The second-order valence-corrected chi connectivity index (χ2v) is 8.85. The number of nitriles is 1. The Hall–Kier alpha value is -3.65. The van der Waals surface area contributed by atoms with Crippen LogP contribution >= 0.6 is 0 Å². The van der Waals surface area contributed by atoms with E-state index in [1.165, 1.54) is 0 Å². The van der Waals surface area contributed by atoms with Crippen LogP contribution in [0.4, 0.5) is 11.5 Å². The van der Waals surface area contributed by atoms with E-state index in [9.17, 15) is 0 Å². The van der Waals surface area contributed by atoms with Gasteiger partial charge in [0.1, 0.15) is 17.9 Å². The molecule has 2 heterocycles. The van der Waals surface area contributed by atoms with Gasteiger partial charge in [-0.2, -0.15) is 5.26 Å². The van der Waals surface area contributed by atoms with Gasteiger partial charge in [0.15, 0.2) is 0 Å². The van der Waals surface area contributed by atoms with Gasteiger partial charge in [0.25, 0.3) is 0 Å². The van der Waals surface area contributed by atoms with E-state index >= 15 is 0 Å². The molecule has 2 aromatic carbocycles. The van der Waals surface area contributed by atoms with Crippen LogP contribution in [-0.2, 0) is 5.54 Å². The maximum atomic E-state index is 9.03. The molecule has 0 radical (unpaired) electrons. The largest absolute Gasteiger partial charge is 0.493 e. The molecule has 174 valence electrons. The van der Waals surface area contributed by atoms with Gasteiger partial charge in [-0.05, 0) is 45.0 Å². The number of nitrogens with one attached hydrogen (secondary N) is 1. The lowest BCUT2D eigenvalue weighted by Crippen LogP contribution is -2.53. The molecular formula is C27H30N6O. The maximum Gasteiger partial charge on any atom is 0.141 e. The van der Waals surface area contributed by atoms with Gasteiger partial charge < -0.3 is 10.1 Å². The van der Waals surface area contributed by atoms with Crippen LogP contribution in [0.1, 0.15) is 31.9 Å². The van der Waals surface area contributed by atoms with Crippen molar-refractivity contribution in [1.82, 2.24) is 19.8 Å². The van der Waals surface area contributed by atoms with Crippen LogP contribution in [0.25, 0.3) is 10.9 Å². The minimum Gasteiger partial charge on any atom is -0.493 e. The highest BCUT2D eigenvalue weighted by Gasteiger charge is 2.34. The second-order valence-electron chi connectivity index (χ2n) is 8.85. The second kappa shape index (κ2) is 10.1. The molecule has 34 heavy (non-hydrogen) atoms. The van der Waals surface area contributed by atoms with Gasteiger partial charge in [0, 0.05) is 60.0 Å². The van der Waals surface area contributed by atoms with E-state index < -0.39 is 0 Å². The van der Waals surface area contributed by atoms with Gasteiger partial charge in [0.2, 0.25) is 0 Å². The Labute approximate surface area is 201 Å². The van der Waals surface area contributed by atoms with Crippen LogP contribution in [0.5, 0.6) is 5.75 Å². The molecule has 0 spiro atoms. The number of nitrogens with zero attached hydrogens (tertiary/aromatic N) is 5. The summed E-state index contributed by atoms with van der Waals surface area (Å²) in [6.07, 6.45) is 7.13. The minimum atomic E-state index is -0.284. The number of aromatic nitrogens is 2. The third-order valence-electron chi connectivity index (χ3n) is 6.44. The lowest BCUT2D eigenvalue weighted by Gasteiger charge is -2.44. The number of piperazine rings is 1. The van der Waals surface area contributed by atoms with E-state index in [4.69, 9.17) is 16.4 Å². The Morgan fingerprint density at radius 2 is 1.94 bits per heavy atom. The number of terminal acetylenes is 1. The topological polar surface area (TPSA) is 77.3 Å². The summed E-state index contributed by atoms with van der Waals surface area (Å²) in [4.78, 5) is 13.7. The van der Waals surface area contributed by atoms with Crippen molar-refractivity contribution in [2.24, 2.45) is 0 Å². The Kier molecular flexibility index (Phi) is 6.98. The predicted octanol–water partition coefficient (Wildman–Crippen LogP) is 4.13. The van der Waals surface area contributed by atoms with Gasteiger partial charge >= 0.3 is 0 Å². The van der Waals surface area contributed by atoms with E-state index in [2.05, 4.69) is 57.0 Å². The number of anilines is 2. The fourth-order valence-electron chi connectivity index (χ4n) is 4.50.